The molecule has 0 saturated carbocycles. The zero-order chi connectivity index (χ0) is 26.6. The Kier molecular flexibility index (Phi) is 7.43. The third-order valence-corrected chi connectivity index (χ3v) is 7.67. The Hall–Kier alpha value is -4.15. The van der Waals surface area contributed by atoms with Crippen LogP contribution in [0, 0.1) is 6.92 Å². The summed E-state index contributed by atoms with van der Waals surface area (Å²) in [5.41, 5.74) is 2.69. The maximum absolute atomic E-state index is 13.4. The molecular weight excluding hydrogens is 520 g/mol. The summed E-state index contributed by atoms with van der Waals surface area (Å²) in [4.78, 5) is 28.1. The highest BCUT2D eigenvalue weighted by atomic mass is 32.1. The maximum Gasteiger partial charge on any atom is 0.265 e. The van der Waals surface area contributed by atoms with Crippen LogP contribution >= 0.6 is 22.7 Å². The highest BCUT2D eigenvalue weighted by Gasteiger charge is 2.21. The average molecular weight is 547 g/mol. The summed E-state index contributed by atoms with van der Waals surface area (Å²) in [5.74, 6) is 0.346. The molecule has 2 N–H and O–H groups in total. The van der Waals surface area contributed by atoms with Gasteiger partial charge in [-0.05, 0) is 50.4 Å². The molecule has 10 heteroatoms. The molecule has 0 aliphatic heterocycles. The minimum atomic E-state index is -0.274. The maximum atomic E-state index is 13.4. The molecule has 8 nitrogen and oxygen atoms in total. The molecule has 0 aliphatic rings. The van der Waals surface area contributed by atoms with Gasteiger partial charge in [0.25, 0.3) is 11.8 Å². The Morgan fingerprint density at radius 2 is 1.50 bits per heavy atom. The molecule has 3 heterocycles. The van der Waals surface area contributed by atoms with Crippen molar-refractivity contribution in [1.82, 2.24) is 9.78 Å². The first-order valence-electron chi connectivity index (χ1n) is 12.1. The Morgan fingerprint density at radius 3 is 2.08 bits per heavy atom. The molecule has 0 spiro atoms. The molecule has 0 atom stereocenters. The normalized spacial score (nSPS) is 10.9. The third kappa shape index (κ3) is 5.13. The number of rotatable bonds is 9. The van der Waals surface area contributed by atoms with E-state index < -0.39 is 0 Å². The third-order valence-electron chi connectivity index (χ3n) is 5.69. The minimum Gasteiger partial charge on any atom is -0.492 e. The highest BCUT2D eigenvalue weighted by molar-refractivity contribution is 7.20. The number of nitrogens with zero attached hydrogens (tertiary/aromatic N) is 2. The zero-order valence-electron chi connectivity index (χ0n) is 21.1. The summed E-state index contributed by atoms with van der Waals surface area (Å²) in [6.07, 6.45) is 0. The molecular formula is C28H26N4O4S2. The fourth-order valence-corrected chi connectivity index (χ4v) is 5.68. The van der Waals surface area contributed by atoms with Crippen molar-refractivity contribution in [3.05, 3.63) is 81.5 Å². The van der Waals surface area contributed by atoms with E-state index in [1.807, 2.05) is 73.3 Å². The van der Waals surface area contributed by atoms with Gasteiger partial charge in [0.05, 0.1) is 45.7 Å². The summed E-state index contributed by atoms with van der Waals surface area (Å²) in [6, 6.07) is 18.6. The second kappa shape index (κ2) is 11.1. The van der Waals surface area contributed by atoms with Crippen molar-refractivity contribution in [2.75, 3.05) is 23.8 Å². The van der Waals surface area contributed by atoms with Gasteiger partial charge < -0.3 is 20.1 Å². The molecule has 3 aromatic heterocycles. The predicted octanol–water partition coefficient (Wildman–Crippen LogP) is 6.76. The molecule has 0 saturated heterocycles. The molecule has 0 radical (unpaired) electrons. The van der Waals surface area contributed by atoms with Gasteiger partial charge in [-0.25, -0.2) is 4.68 Å². The molecule has 2 amide bonds. The fourth-order valence-electron chi connectivity index (χ4n) is 3.98. The number of aromatic nitrogens is 2. The molecule has 38 heavy (non-hydrogen) atoms. The Balaban J connectivity index is 1.46. The van der Waals surface area contributed by atoms with Gasteiger partial charge >= 0.3 is 0 Å². The van der Waals surface area contributed by atoms with Crippen LogP contribution in [0.2, 0.25) is 0 Å². The van der Waals surface area contributed by atoms with Gasteiger partial charge in [0, 0.05) is 17.5 Å². The number of hydrogen-bond donors (Lipinski definition) is 2. The number of amides is 2. The van der Waals surface area contributed by atoms with Crippen LogP contribution in [-0.2, 0) is 0 Å². The summed E-state index contributed by atoms with van der Waals surface area (Å²) in [5, 5.41) is 13.3. The van der Waals surface area contributed by atoms with E-state index in [1.54, 1.807) is 18.2 Å². The first kappa shape index (κ1) is 25.5. The molecule has 0 aliphatic carbocycles. The second-order valence-electron chi connectivity index (χ2n) is 8.26. The molecule has 194 valence electrons. The van der Waals surface area contributed by atoms with E-state index in [9.17, 15) is 9.59 Å². The van der Waals surface area contributed by atoms with Crippen LogP contribution < -0.4 is 20.1 Å². The van der Waals surface area contributed by atoms with Gasteiger partial charge in [-0.3, -0.25) is 9.59 Å². The Labute approximate surface area is 227 Å². The number of carbonyl (C=O) groups excluding carboxylic acids is 2. The number of benzene rings is 2. The minimum absolute atomic E-state index is 0.242. The standard InChI is InChI=1S/C28H26N4O4S2/c1-4-35-22-16-21(23(36-5-2)15-20(22)29-26(33)24-12-9-13-37-24)30-27(34)25-14-19-17(3)31-32(28(19)38-25)18-10-7-6-8-11-18/h6-16H,4-5H2,1-3H3,(H,29,33)(H,30,34). The number of thiophene rings is 2. The van der Waals surface area contributed by atoms with Crippen molar-refractivity contribution in [3.8, 4) is 17.2 Å². The lowest BCUT2D eigenvalue weighted by Gasteiger charge is -2.17. The van der Waals surface area contributed by atoms with Crippen molar-refractivity contribution in [1.29, 1.82) is 0 Å². The van der Waals surface area contributed by atoms with Gasteiger partial charge in [0.2, 0.25) is 0 Å². The molecule has 0 fully saturated rings. The Bertz CT molecular complexity index is 1590. The summed E-state index contributed by atoms with van der Waals surface area (Å²) in [6.45, 7) is 6.41. The average Bonchev–Trinajstić information content (AvgIpc) is 3.66. The van der Waals surface area contributed by atoms with Crippen molar-refractivity contribution in [3.63, 3.8) is 0 Å². The van der Waals surface area contributed by atoms with Gasteiger partial charge in [-0.1, -0.05) is 24.3 Å². The lowest BCUT2D eigenvalue weighted by Crippen LogP contribution is -2.14. The van der Waals surface area contributed by atoms with Crippen molar-refractivity contribution in [2.45, 2.75) is 20.8 Å². The number of aryl methyl sites for hydroxylation is 1. The molecule has 2 aromatic carbocycles. The van der Waals surface area contributed by atoms with Crippen LogP contribution in [0.4, 0.5) is 11.4 Å². The molecule has 0 bridgehead atoms. The molecule has 5 aromatic rings. The number of nitrogens with one attached hydrogen (secondary N) is 2. The second-order valence-corrected chi connectivity index (χ2v) is 10.2. The predicted molar refractivity (Wildman–Crippen MR) is 153 cm³/mol. The first-order valence-corrected chi connectivity index (χ1v) is 13.8. The number of ether oxygens (including phenoxy) is 2. The van der Waals surface area contributed by atoms with E-state index in [-0.39, 0.29) is 11.8 Å². The van der Waals surface area contributed by atoms with Crippen LogP contribution in [0.1, 0.15) is 38.9 Å². The van der Waals surface area contributed by atoms with Crippen LogP contribution in [0.15, 0.2) is 66.0 Å². The van der Waals surface area contributed by atoms with Gasteiger partial charge in [0.15, 0.2) is 0 Å². The van der Waals surface area contributed by atoms with Crippen LogP contribution in [0.25, 0.3) is 15.9 Å². The smallest absolute Gasteiger partial charge is 0.265 e. The number of para-hydroxylation sites is 1. The van der Waals surface area contributed by atoms with Crippen molar-refractivity contribution < 1.29 is 19.1 Å². The van der Waals surface area contributed by atoms with Crippen LogP contribution in [-0.4, -0.2) is 34.8 Å². The zero-order valence-corrected chi connectivity index (χ0v) is 22.7. The van der Waals surface area contributed by atoms with E-state index in [2.05, 4.69) is 15.7 Å². The summed E-state index contributed by atoms with van der Waals surface area (Å²) < 4.78 is 13.5. The van der Waals surface area contributed by atoms with Crippen LogP contribution in [0.3, 0.4) is 0 Å². The van der Waals surface area contributed by atoms with E-state index in [1.165, 1.54) is 22.7 Å². The van der Waals surface area contributed by atoms with Gasteiger partial charge in [-0.2, -0.15) is 5.10 Å². The van der Waals surface area contributed by atoms with E-state index in [0.29, 0.717) is 45.8 Å². The number of hydrogen-bond acceptors (Lipinski definition) is 7. The largest absolute Gasteiger partial charge is 0.492 e. The molecule has 5 rings (SSSR count). The number of carbonyl (C=O) groups is 2. The van der Waals surface area contributed by atoms with E-state index in [0.717, 1.165) is 21.6 Å². The Morgan fingerprint density at radius 1 is 0.868 bits per heavy atom. The molecule has 0 unspecified atom stereocenters. The monoisotopic (exact) mass is 546 g/mol. The van der Waals surface area contributed by atoms with Crippen molar-refractivity contribution >= 4 is 56.1 Å². The number of anilines is 2. The fraction of sp³-hybridized carbons (Fsp3) is 0.179. The quantitative estimate of drug-likeness (QED) is 0.213. The van der Waals surface area contributed by atoms with E-state index in [4.69, 9.17) is 9.47 Å². The van der Waals surface area contributed by atoms with E-state index >= 15 is 0 Å². The van der Waals surface area contributed by atoms with Gasteiger partial charge in [-0.15, -0.1) is 22.7 Å². The summed E-state index contributed by atoms with van der Waals surface area (Å²) in [7, 11) is 0. The van der Waals surface area contributed by atoms with Crippen molar-refractivity contribution in [2.24, 2.45) is 0 Å². The topological polar surface area (TPSA) is 94.5 Å². The SMILES string of the molecule is CCOc1cc(NC(=O)c2cc3c(C)nn(-c4ccccc4)c3s2)c(OCC)cc1NC(=O)c1cccs1. The lowest BCUT2D eigenvalue weighted by atomic mass is 10.2. The first-order chi connectivity index (χ1) is 18.5. The number of fused-ring (bicyclic) bond motifs is 1. The lowest BCUT2D eigenvalue weighted by molar-refractivity contribution is 0.102. The summed E-state index contributed by atoms with van der Waals surface area (Å²) >= 11 is 2.72. The van der Waals surface area contributed by atoms with Gasteiger partial charge in [0.1, 0.15) is 16.3 Å². The van der Waals surface area contributed by atoms with Crippen LogP contribution in [0.5, 0.6) is 11.5 Å². The highest BCUT2D eigenvalue weighted by Crippen LogP contribution is 2.38.